The minimum absolute atomic E-state index is 0.529. The molecule has 4 rings (SSSR count). The molecule has 0 spiro atoms. The molecule has 0 amide bonds. The van der Waals surface area contributed by atoms with Crippen molar-refractivity contribution in [2.75, 3.05) is 0 Å². The van der Waals surface area contributed by atoms with Gasteiger partial charge in [-0.3, -0.25) is 0 Å². The summed E-state index contributed by atoms with van der Waals surface area (Å²) in [6.45, 7) is 2.25. The van der Waals surface area contributed by atoms with Crippen LogP contribution in [0.4, 0.5) is 0 Å². The van der Waals surface area contributed by atoms with Crippen LogP contribution in [0.1, 0.15) is 19.8 Å². The number of hydrogen-bond acceptors (Lipinski definition) is 1. The summed E-state index contributed by atoms with van der Waals surface area (Å²) in [5.41, 5.74) is 1.13. The molecular formula is C14H16O. The van der Waals surface area contributed by atoms with Gasteiger partial charge >= 0.3 is 0 Å². The van der Waals surface area contributed by atoms with Crippen LogP contribution >= 0.6 is 0 Å². The summed E-state index contributed by atoms with van der Waals surface area (Å²) in [4.78, 5) is 11.0. The maximum Gasteiger partial charge on any atom is 0.124 e. The molecule has 1 nitrogen and oxygen atoms in total. The number of allylic oxidation sites excluding steroid dienone is 3. The van der Waals surface area contributed by atoms with Crippen LogP contribution in [-0.4, -0.2) is 5.94 Å². The van der Waals surface area contributed by atoms with Crippen LogP contribution < -0.4 is 0 Å². The maximum atomic E-state index is 11.0. The van der Waals surface area contributed by atoms with Crippen molar-refractivity contribution in [2.45, 2.75) is 19.8 Å². The number of fused-ring (bicyclic) bond motifs is 9. The quantitative estimate of drug-likeness (QED) is 0.333. The third-order valence-electron chi connectivity index (χ3n) is 5.72. The van der Waals surface area contributed by atoms with Gasteiger partial charge in [-0.1, -0.05) is 19.1 Å². The van der Waals surface area contributed by atoms with Crippen molar-refractivity contribution in [2.24, 2.45) is 41.4 Å². The molecule has 7 atom stereocenters. The molecule has 7 unspecified atom stereocenters. The summed E-state index contributed by atoms with van der Waals surface area (Å²) in [6.07, 6.45) is 7.53. The largest absolute Gasteiger partial charge is 0.234 e. The summed E-state index contributed by atoms with van der Waals surface area (Å²) in [6, 6.07) is 0. The Balaban J connectivity index is 1.83. The van der Waals surface area contributed by atoms with Gasteiger partial charge < -0.3 is 0 Å². The topological polar surface area (TPSA) is 17.1 Å². The van der Waals surface area contributed by atoms with Crippen molar-refractivity contribution in [1.82, 2.24) is 0 Å². The Hall–Kier alpha value is -0.810. The monoisotopic (exact) mass is 200 g/mol. The van der Waals surface area contributed by atoms with Crippen molar-refractivity contribution in [3.63, 3.8) is 0 Å². The second kappa shape index (κ2) is 2.47. The summed E-state index contributed by atoms with van der Waals surface area (Å²) in [7, 11) is 0. The minimum atomic E-state index is 0.529. The molecule has 0 aromatic rings. The van der Waals surface area contributed by atoms with Gasteiger partial charge in [-0.05, 0) is 54.3 Å². The molecule has 0 aromatic carbocycles. The summed E-state index contributed by atoms with van der Waals surface area (Å²) < 4.78 is 0. The zero-order valence-corrected chi connectivity index (χ0v) is 9.02. The molecule has 3 fully saturated rings. The first-order valence-electron chi connectivity index (χ1n) is 6.24. The molecule has 1 heteroatoms. The highest BCUT2D eigenvalue weighted by atomic mass is 16.1. The SMILES string of the molecule is CC1C(=C=O)C2CC1C1C3C=CC(C3)C21. The van der Waals surface area contributed by atoms with Gasteiger partial charge in [0.1, 0.15) is 5.94 Å². The van der Waals surface area contributed by atoms with E-state index in [0.717, 1.165) is 35.2 Å². The van der Waals surface area contributed by atoms with Crippen molar-refractivity contribution >= 4 is 5.94 Å². The van der Waals surface area contributed by atoms with E-state index in [1.807, 2.05) is 0 Å². The summed E-state index contributed by atoms with van der Waals surface area (Å²) in [5, 5.41) is 0. The highest BCUT2D eigenvalue weighted by Gasteiger charge is 2.62. The summed E-state index contributed by atoms with van der Waals surface area (Å²) in [5.74, 6) is 7.58. The predicted molar refractivity (Wildman–Crippen MR) is 57.7 cm³/mol. The van der Waals surface area contributed by atoms with Crippen LogP contribution in [0.3, 0.4) is 0 Å². The Bertz CT molecular complexity index is 402. The molecule has 78 valence electrons. The van der Waals surface area contributed by atoms with E-state index in [9.17, 15) is 4.79 Å². The fraction of sp³-hybridized carbons (Fsp3) is 0.714. The maximum absolute atomic E-state index is 11.0. The first kappa shape index (κ1) is 8.35. The Morgan fingerprint density at radius 1 is 1.20 bits per heavy atom. The molecule has 0 N–H and O–H groups in total. The fourth-order valence-corrected chi connectivity index (χ4v) is 5.28. The average molecular weight is 200 g/mol. The van der Waals surface area contributed by atoms with E-state index in [1.54, 1.807) is 0 Å². The number of carbonyl (C=O) groups excluding carboxylic acids is 1. The van der Waals surface area contributed by atoms with E-state index in [2.05, 4.69) is 25.0 Å². The van der Waals surface area contributed by atoms with Crippen LogP contribution in [0.2, 0.25) is 0 Å². The van der Waals surface area contributed by atoms with Crippen molar-refractivity contribution < 1.29 is 4.79 Å². The average Bonchev–Trinajstić information content (AvgIpc) is 2.94. The van der Waals surface area contributed by atoms with Gasteiger partial charge in [0, 0.05) is 5.57 Å². The smallest absolute Gasteiger partial charge is 0.124 e. The number of hydrogen-bond donors (Lipinski definition) is 0. The standard InChI is InChI=1S/C14H16O/c1-7-10-5-11(12(7)6-15)14-9-3-2-8(4-9)13(10)14/h2-3,7-11,13-14H,4-5H2,1H3. The molecule has 4 bridgehead atoms. The van der Waals surface area contributed by atoms with Crippen LogP contribution in [-0.2, 0) is 4.79 Å². The van der Waals surface area contributed by atoms with Gasteiger partial charge in [0.15, 0.2) is 0 Å². The van der Waals surface area contributed by atoms with Crippen molar-refractivity contribution in [3.05, 3.63) is 17.7 Å². The lowest BCUT2D eigenvalue weighted by Gasteiger charge is -2.35. The first-order valence-corrected chi connectivity index (χ1v) is 6.24. The lowest BCUT2D eigenvalue weighted by molar-refractivity contribution is 0.204. The van der Waals surface area contributed by atoms with Crippen molar-refractivity contribution in [3.8, 4) is 0 Å². The molecular weight excluding hydrogens is 184 g/mol. The molecule has 15 heavy (non-hydrogen) atoms. The Labute approximate surface area is 90.2 Å². The van der Waals surface area contributed by atoms with E-state index in [0.29, 0.717) is 11.8 Å². The zero-order valence-electron chi connectivity index (χ0n) is 9.02. The molecule has 0 saturated heterocycles. The van der Waals surface area contributed by atoms with Crippen LogP contribution in [0.25, 0.3) is 0 Å². The normalized spacial score (nSPS) is 58.7. The Morgan fingerprint density at radius 3 is 2.67 bits per heavy atom. The van der Waals surface area contributed by atoms with Crippen LogP contribution in [0.5, 0.6) is 0 Å². The lowest BCUT2D eigenvalue weighted by atomic mass is 9.68. The second-order valence-electron chi connectivity index (χ2n) is 5.96. The minimum Gasteiger partial charge on any atom is -0.234 e. The van der Waals surface area contributed by atoms with Crippen LogP contribution in [0, 0.1) is 41.4 Å². The molecule has 0 aromatic heterocycles. The number of rotatable bonds is 0. The van der Waals surface area contributed by atoms with Gasteiger partial charge in [0.2, 0.25) is 0 Å². The van der Waals surface area contributed by atoms with E-state index < -0.39 is 0 Å². The predicted octanol–water partition coefficient (Wildman–Crippen LogP) is 2.47. The van der Waals surface area contributed by atoms with E-state index in [-0.39, 0.29) is 0 Å². The van der Waals surface area contributed by atoms with Gasteiger partial charge in [-0.2, -0.15) is 0 Å². The molecule has 3 saturated carbocycles. The second-order valence-corrected chi connectivity index (χ2v) is 5.96. The third-order valence-corrected chi connectivity index (χ3v) is 5.72. The van der Waals surface area contributed by atoms with Crippen LogP contribution in [0.15, 0.2) is 17.7 Å². The van der Waals surface area contributed by atoms with E-state index >= 15 is 0 Å². The van der Waals surface area contributed by atoms with E-state index in [4.69, 9.17) is 0 Å². The van der Waals surface area contributed by atoms with Gasteiger partial charge in [0.25, 0.3) is 0 Å². The molecule has 4 aliphatic rings. The van der Waals surface area contributed by atoms with Crippen molar-refractivity contribution in [1.29, 1.82) is 0 Å². The highest BCUT2D eigenvalue weighted by Crippen LogP contribution is 2.67. The van der Waals surface area contributed by atoms with Gasteiger partial charge in [-0.25, -0.2) is 4.79 Å². The van der Waals surface area contributed by atoms with Gasteiger partial charge in [-0.15, -0.1) is 0 Å². The molecule has 0 radical (unpaired) electrons. The van der Waals surface area contributed by atoms with Gasteiger partial charge in [0.05, 0.1) is 0 Å². The fourth-order valence-electron chi connectivity index (χ4n) is 5.28. The first-order chi connectivity index (χ1) is 7.31. The summed E-state index contributed by atoms with van der Waals surface area (Å²) >= 11 is 0. The zero-order chi connectivity index (χ0) is 10.2. The molecule has 0 aliphatic heterocycles. The van der Waals surface area contributed by atoms with E-state index in [1.165, 1.54) is 12.8 Å². The molecule has 4 aliphatic carbocycles. The third kappa shape index (κ3) is 0.774. The lowest BCUT2D eigenvalue weighted by Crippen LogP contribution is -2.31. The molecule has 0 heterocycles. The Morgan fingerprint density at radius 2 is 1.93 bits per heavy atom. The Kier molecular flexibility index (Phi) is 1.37. The highest BCUT2D eigenvalue weighted by molar-refractivity contribution is 5.57.